The number of thiophene rings is 2. The molecule has 180 valence electrons. The zero-order valence-corrected chi connectivity index (χ0v) is 20.8. The Hall–Kier alpha value is -1.78. The molecule has 7 nitrogen and oxygen atoms in total. The number of nitrogens with one attached hydrogen (secondary N) is 1. The van der Waals surface area contributed by atoms with Crippen LogP contribution in [0.1, 0.15) is 36.5 Å². The minimum absolute atomic E-state index is 0.0769. The van der Waals surface area contributed by atoms with E-state index in [9.17, 15) is 9.59 Å². The van der Waals surface area contributed by atoms with Crippen LogP contribution in [0.3, 0.4) is 0 Å². The summed E-state index contributed by atoms with van der Waals surface area (Å²) in [5.74, 6) is 0.263. The summed E-state index contributed by atoms with van der Waals surface area (Å²) in [5.41, 5.74) is 1.28. The van der Waals surface area contributed by atoms with Crippen molar-refractivity contribution < 1.29 is 19.1 Å². The number of nitrogens with zero attached hydrogens (tertiary/aromatic N) is 2. The highest BCUT2D eigenvalue weighted by Crippen LogP contribution is 2.38. The normalized spacial score (nSPS) is 18.3. The highest BCUT2D eigenvalue weighted by Gasteiger charge is 2.25. The number of morpholine rings is 1. The van der Waals surface area contributed by atoms with Crippen molar-refractivity contribution in [2.75, 3.05) is 64.4 Å². The Bertz CT molecular complexity index is 901. The smallest absolute Gasteiger partial charge is 0.341 e. The predicted octanol–water partition coefficient (Wildman–Crippen LogP) is 4.03. The molecule has 0 unspecified atom stereocenters. The van der Waals surface area contributed by atoms with Crippen LogP contribution in [0.25, 0.3) is 10.4 Å². The van der Waals surface area contributed by atoms with Gasteiger partial charge in [-0.2, -0.15) is 0 Å². The number of likely N-dealkylation sites (tertiary alicyclic amines) is 1. The molecule has 1 amide bonds. The van der Waals surface area contributed by atoms with Crippen molar-refractivity contribution in [3.63, 3.8) is 0 Å². The van der Waals surface area contributed by atoms with E-state index in [-0.39, 0.29) is 5.91 Å². The van der Waals surface area contributed by atoms with E-state index in [1.807, 2.05) is 22.9 Å². The van der Waals surface area contributed by atoms with Gasteiger partial charge in [-0.15, -0.1) is 22.7 Å². The number of rotatable bonds is 9. The third-order valence-electron chi connectivity index (χ3n) is 6.34. The van der Waals surface area contributed by atoms with E-state index in [4.69, 9.17) is 9.47 Å². The van der Waals surface area contributed by atoms with Gasteiger partial charge in [-0.3, -0.25) is 14.6 Å². The van der Waals surface area contributed by atoms with Gasteiger partial charge < -0.3 is 14.8 Å². The van der Waals surface area contributed by atoms with Crippen LogP contribution in [0.5, 0.6) is 0 Å². The average molecular weight is 492 g/mol. The monoisotopic (exact) mass is 491 g/mol. The van der Waals surface area contributed by atoms with Gasteiger partial charge in [0.05, 0.1) is 26.4 Å². The van der Waals surface area contributed by atoms with Crippen molar-refractivity contribution in [3.05, 3.63) is 28.5 Å². The van der Waals surface area contributed by atoms with Gasteiger partial charge in [-0.1, -0.05) is 6.07 Å². The molecule has 0 spiro atoms. The summed E-state index contributed by atoms with van der Waals surface area (Å²) in [4.78, 5) is 31.2. The summed E-state index contributed by atoms with van der Waals surface area (Å²) in [7, 11) is 0. The van der Waals surface area contributed by atoms with Crippen LogP contribution in [-0.4, -0.2) is 80.8 Å². The first-order valence-corrected chi connectivity index (χ1v) is 13.5. The molecule has 0 bridgehead atoms. The van der Waals surface area contributed by atoms with Crippen molar-refractivity contribution in [1.82, 2.24) is 9.80 Å². The fourth-order valence-corrected chi connectivity index (χ4v) is 6.25. The van der Waals surface area contributed by atoms with E-state index in [0.717, 1.165) is 75.1 Å². The Morgan fingerprint density at radius 2 is 1.94 bits per heavy atom. The van der Waals surface area contributed by atoms with Gasteiger partial charge in [-0.25, -0.2) is 4.79 Å². The third kappa shape index (κ3) is 6.64. The zero-order valence-electron chi connectivity index (χ0n) is 19.2. The molecule has 0 aliphatic carbocycles. The number of ether oxygens (including phenoxy) is 2. The fraction of sp³-hybridized carbons (Fsp3) is 0.583. The minimum atomic E-state index is -0.390. The van der Waals surface area contributed by atoms with E-state index in [0.29, 0.717) is 23.7 Å². The molecule has 2 saturated heterocycles. The number of carbonyl (C=O) groups is 2. The molecule has 4 heterocycles. The van der Waals surface area contributed by atoms with Crippen molar-refractivity contribution in [3.8, 4) is 10.4 Å². The predicted molar refractivity (Wildman–Crippen MR) is 133 cm³/mol. The largest absolute Gasteiger partial charge is 0.462 e. The maximum atomic E-state index is 12.8. The molecule has 2 fully saturated rings. The van der Waals surface area contributed by atoms with Gasteiger partial charge in [0, 0.05) is 28.9 Å². The van der Waals surface area contributed by atoms with E-state index in [2.05, 4.69) is 15.1 Å². The van der Waals surface area contributed by atoms with Crippen molar-refractivity contribution >= 4 is 39.6 Å². The Morgan fingerprint density at radius 3 is 2.64 bits per heavy atom. The second-order valence-electron chi connectivity index (χ2n) is 8.56. The van der Waals surface area contributed by atoms with Crippen LogP contribution < -0.4 is 5.32 Å². The molecule has 2 aromatic heterocycles. The molecule has 33 heavy (non-hydrogen) atoms. The summed E-state index contributed by atoms with van der Waals surface area (Å²) in [6.45, 7) is 9.27. The first-order chi connectivity index (χ1) is 16.1. The quantitative estimate of drug-likeness (QED) is 0.534. The molecule has 0 aromatic carbocycles. The highest BCUT2D eigenvalue weighted by molar-refractivity contribution is 7.17. The number of carbonyl (C=O) groups excluding carboxylic acids is 2. The standard InChI is InChI=1S/C24H33N3O4S2/c1-2-31-24(29)22-19(20-4-3-15-32-20)17-33-23(22)25-21(28)16-27-9-6-18(7-10-27)5-8-26-11-13-30-14-12-26/h3-4,15,17-18H,2,5-14,16H2,1H3,(H,25,28). The summed E-state index contributed by atoms with van der Waals surface area (Å²) >= 11 is 2.95. The molecule has 4 rings (SSSR count). The highest BCUT2D eigenvalue weighted by atomic mass is 32.1. The van der Waals surface area contributed by atoms with Gasteiger partial charge >= 0.3 is 5.97 Å². The number of amides is 1. The van der Waals surface area contributed by atoms with Crippen LogP contribution in [0.4, 0.5) is 5.00 Å². The van der Waals surface area contributed by atoms with Crippen LogP contribution in [0.15, 0.2) is 22.9 Å². The first kappa shape index (κ1) is 24.3. The topological polar surface area (TPSA) is 71.1 Å². The molecule has 0 radical (unpaired) electrons. The lowest BCUT2D eigenvalue weighted by Gasteiger charge is -2.33. The summed E-state index contributed by atoms with van der Waals surface area (Å²) < 4.78 is 10.7. The maximum absolute atomic E-state index is 12.8. The van der Waals surface area contributed by atoms with Gasteiger partial charge in [0.25, 0.3) is 0 Å². The lowest BCUT2D eigenvalue weighted by atomic mass is 9.93. The molecular weight excluding hydrogens is 458 g/mol. The minimum Gasteiger partial charge on any atom is -0.462 e. The van der Waals surface area contributed by atoms with Crippen LogP contribution in [-0.2, 0) is 14.3 Å². The number of esters is 1. The summed E-state index contributed by atoms with van der Waals surface area (Å²) in [6.07, 6.45) is 3.49. The zero-order chi connectivity index (χ0) is 23.0. The Morgan fingerprint density at radius 1 is 1.15 bits per heavy atom. The molecule has 2 aromatic rings. The van der Waals surface area contributed by atoms with Crippen molar-refractivity contribution in [2.45, 2.75) is 26.2 Å². The van der Waals surface area contributed by atoms with Crippen molar-refractivity contribution in [2.24, 2.45) is 5.92 Å². The van der Waals surface area contributed by atoms with Gasteiger partial charge in [0.1, 0.15) is 10.6 Å². The number of anilines is 1. The summed E-state index contributed by atoms with van der Waals surface area (Å²) in [6, 6.07) is 3.93. The molecule has 2 aliphatic heterocycles. The summed E-state index contributed by atoms with van der Waals surface area (Å²) in [5, 5.41) is 7.45. The van der Waals surface area contributed by atoms with E-state index in [1.54, 1.807) is 18.3 Å². The molecule has 1 N–H and O–H groups in total. The molecule has 0 saturated carbocycles. The Labute approximate surface area is 203 Å². The third-order valence-corrected chi connectivity index (χ3v) is 8.14. The van der Waals surface area contributed by atoms with E-state index in [1.165, 1.54) is 17.8 Å². The molecule has 2 aliphatic rings. The average Bonchev–Trinajstić information content (AvgIpc) is 3.49. The SMILES string of the molecule is CCOC(=O)c1c(-c2cccs2)csc1NC(=O)CN1CCC(CCN2CCOCC2)CC1. The molecular formula is C24H33N3O4S2. The maximum Gasteiger partial charge on any atom is 0.341 e. The lowest BCUT2D eigenvalue weighted by molar-refractivity contribution is -0.117. The van der Waals surface area contributed by atoms with Crippen LogP contribution in [0, 0.1) is 5.92 Å². The molecule has 9 heteroatoms. The molecule has 0 atom stereocenters. The van der Waals surface area contributed by atoms with Crippen molar-refractivity contribution in [1.29, 1.82) is 0 Å². The number of hydrogen-bond acceptors (Lipinski definition) is 8. The fourth-order valence-electron chi connectivity index (χ4n) is 4.46. The van der Waals surface area contributed by atoms with Gasteiger partial charge in [0.2, 0.25) is 5.91 Å². The second-order valence-corrected chi connectivity index (χ2v) is 10.4. The van der Waals surface area contributed by atoms with E-state index < -0.39 is 5.97 Å². The number of hydrogen-bond donors (Lipinski definition) is 1. The van der Waals surface area contributed by atoms with E-state index >= 15 is 0 Å². The lowest BCUT2D eigenvalue weighted by Crippen LogP contribution is -2.41. The van der Waals surface area contributed by atoms with Gasteiger partial charge in [-0.05, 0) is 63.2 Å². The van der Waals surface area contributed by atoms with Gasteiger partial charge in [0.15, 0.2) is 0 Å². The second kappa shape index (κ2) is 12.1. The van der Waals surface area contributed by atoms with Crippen LogP contribution >= 0.6 is 22.7 Å². The number of piperidine rings is 1. The Kier molecular flexibility index (Phi) is 8.91. The Balaban J connectivity index is 1.28. The van der Waals surface area contributed by atoms with Crippen LogP contribution in [0.2, 0.25) is 0 Å². The first-order valence-electron chi connectivity index (χ1n) is 11.8.